The molecule has 2 aromatic carbocycles. The van der Waals surface area contributed by atoms with Crippen molar-refractivity contribution in [2.75, 3.05) is 14.2 Å². The van der Waals surface area contributed by atoms with Crippen LogP contribution in [0.3, 0.4) is 0 Å². The molecule has 0 saturated heterocycles. The number of benzene rings is 2. The quantitative estimate of drug-likeness (QED) is 0.819. The topological polar surface area (TPSA) is 47.6 Å². The van der Waals surface area contributed by atoms with Gasteiger partial charge in [-0.3, -0.25) is 4.79 Å². The molecule has 0 aliphatic carbocycles. The second kappa shape index (κ2) is 8.56. The molecule has 1 N–H and O–H groups in total. The third-order valence-corrected chi connectivity index (χ3v) is 3.85. The maximum atomic E-state index is 12.3. The number of amides is 1. The summed E-state index contributed by atoms with van der Waals surface area (Å²) in [6, 6.07) is 13.2. The van der Waals surface area contributed by atoms with Crippen LogP contribution in [0, 0.1) is 5.41 Å². The minimum atomic E-state index is -0.105. The highest BCUT2D eigenvalue weighted by Crippen LogP contribution is 2.27. The van der Waals surface area contributed by atoms with Gasteiger partial charge in [-0.1, -0.05) is 51.1 Å². The lowest BCUT2D eigenvalue weighted by Crippen LogP contribution is -2.22. The Morgan fingerprint density at radius 2 is 1.65 bits per heavy atom. The van der Waals surface area contributed by atoms with E-state index in [2.05, 4.69) is 38.2 Å². The molecule has 0 fully saturated rings. The molecule has 26 heavy (non-hydrogen) atoms. The number of rotatable bonds is 6. The van der Waals surface area contributed by atoms with Crippen molar-refractivity contribution in [2.24, 2.45) is 5.41 Å². The van der Waals surface area contributed by atoms with Crippen LogP contribution in [-0.2, 0) is 6.54 Å². The zero-order chi connectivity index (χ0) is 19.2. The monoisotopic (exact) mass is 353 g/mol. The molecule has 0 unspecified atom stereocenters. The van der Waals surface area contributed by atoms with Gasteiger partial charge in [0, 0.05) is 12.1 Å². The molecular weight excluding hydrogens is 326 g/mol. The van der Waals surface area contributed by atoms with Crippen LogP contribution in [0.5, 0.6) is 11.5 Å². The van der Waals surface area contributed by atoms with E-state index in [1.807, 2.05) is 42.5 Å². The predicted molar refractivity (Wildman–Crippen MR) is 106 cm³/mol. The Balaban J connectivity index is 1.99. The van der Waals surface area contributed by atoms with Crippen LogP contribution in [0.2, 0.25) is 0 Å². The van der Waals surface area contributed by atoms with Crippen LogP contribution in [0.15, 0.2) is 48.5 Å². The molecule has 4 heteroatoms. The molecule has 1 amide bonds. The number of nitrogens with one attached hydrogen (secondary N) is 1. The average Bonchev–Trinajstić information content (AvgIpc) is 2.64. The number of methoxy groups -OCH3 is 2. The molecule has 2 aromatic rings. The van der Waals surface area contributed by atoms with Crippen LogP contribution in [0.4, 0.5) is 0 Å². The van der Waals surface area contributed by atoms with E-state index in [0.29, 0.717) is 23.6 Å². The van der Waals surface area contributed by atoms with Crippen molar-refractivity contribution in [3.05, 3.63) is 65.2 Å². The van der Waals surface area contributed by atoms with E-state index in [1.165, 1.54) is 0 Å². The van der Waals surface area contributed by atoms with Crippen molar-refractivity contribution in [3.8, 4) is 11.5 Å². The Hall–Kier alpha value is -2.75. The fourth-order valence-electron chi connectivity index (χ4n) is 2.37. The first-order valence-electron chi connectivity index (χ1n) is 8.61. The standard InChI is InChI=1S/C22H27NO3/c1-22(2,3)13-12-16-6-9-18(10-7-16)21(24)23-15-17-8-11-19(25-4)20(14-17)26-5/h6-14H,15H2,1-5H3,(H,23,24). The van der Waals surface area contributed by atoms with Gasteiger partial charge in [-0.25, -0.2) is 0 Å². The van der Waals surface area contributed by atoms with Gasteiger partial charge in [-0.05, 0) is 40.8 Å². The van der Waals surface area contributed by atoms with Crippen molar-refractivity contribution in [1.82, 2.24) is 5.32 Å². The van der Waals surface area contributed by atoms with Crippen molar-refractivity contribution < 1.29 is 14.3 Å². The lowest BCUT2D eigenvalue weighted by atomic mass is 9.95. The van der Waals surface area contributed by atoms with Gasteiger partial charge in [-0.15, -0.1) is 0 Å². The lowest BCUT2D eigenvalue weighted by Gasteiger charge is -2.11. The molecule has 0 radical (unpaired) electrons. The van der Waals surface area contributed by atoms with Crippen molar-refractivity contribution in [3.63, 3.8) is 0 Å². The van der Waals surface area contributed by atoms with Crippen molar-refractivity contribution in [1.29, 1.82) is 0 Å². The smallest absolute Gasteiger partial charge is 0.251 e. The van der Waals surface area contributed by atoms with Crippen LogP contribution in [-0.4, -0.2) is 20.1 Å². The van der Waals surface area contributed by atoms with E-state index in [-0.39, 0.29) is 11.3 Å². The van der Waals surface area contributed by atoms with E-state index in [0.717, 1.165) is 11.1 Å². The Bertz CT molecular complexity index is 771. The highest BCUT2D eigenvalue weighted by molar-refractivity contribution is 5.94. The normalized spacial score (nSPS) is 11.4. The zero-order valence-corrected chi connectivity index (χ0v) is 16.1. The van der Waals surface area contributed by atoms with Gasteiger partial charge < -0.3 is 14.8 Å². The van der Waals surface area contributed by atoms with E-state index < -0.39 is 0 Å². The SMILES string of the molecule is COc1ccc(CNC(=O)c2ccc(C=CC(C)(C)C)cc2)cc1OC. The van der Waals surface area contributed by atoms with Gasteiger partial charge in [0.2, 0.25) is 0 Å². The molecule has 138 valence electrons. The molecule has 0 heterocycles. The fourth-order valence-corrected chi connectivity index (χ4v) is 2.37. The molecule has 0 atom stereocenters. The highest BCUT2D eigenvalue weighted by Gasteiger charge is 2.08. The number of carbonyl (C=O) groups is 1. The highest BCUT2D eigenvalue weighted by atomic mass is 16.5. The summed E-state index contributed by atoms with van der Waals surface area (Å²) in [7, 11) is 3.19. The van der Waals surface area contributed by atoms with Gasteiger partial charge in [-0.2, -0.15) is 0 Å². The molecule has 0 aliphatic rings. The molecule has 0 aromatic heterocycles. The number of carbonyl (C=O) groups excluding carboxylic acids is 1. The maximum Gasteiger partial charge on any atom is 0.251 e. The Labute approximate surface area is 155 Å². The van der Waals surface area contributed by atoms with Crippen molar-refractivity contribution in [2.45, 2.75) is 27.3 Å². The molecule has 4 nitrogen and oxygen atoms in total. The second-order valence-electron chi connectivity index (χ2n) is 7.19. The van der Waals surface area contributed by atoms with Gasteiger partial charge in [0.1, 0.15) is 0 Å². The summed E-state index contributed by atoms with van der Waals surface area (Å²) < 4.78 is 10.5. The zero-order valence-electron chi connectivity index (χ0n) is 16.1. The first kappa shape index (κ1) is 19.6. The van der Waals surface area contributed by atoms with Crippen LogP contribution >= 0.6 is 0 Å². The van der Waals surface area contributed by atoms with E-state index in [9.17, 15) is 4.79 Å². The fraction of sp³-hybridized carbons (Fsp3) is 0.318. The minimum Gasteiger partial charge on any atom is -0.493 e. The van der Waals surface area contributed by atoms with Gasteiger partial charge in [0.25, 0.3) is 5.91 Å². The Morgan fingerprint density at radius 3 is 2.23 bits per heavy atom. The Kier molecular flexibility index (Phi) is 6.45. The Morgan fingerprint density at radius 1 is 1.00 bits per heavy atom. The maximum absolute atomic E-state index is 12.3. The number of hydrogen-bond acceptors (Lipinski definition) is 3. The summed E-state index contributed by atoms with van der Waals surface area (Å²) in [4.78, 5) is 12.3. The minimum absolute atomic E-state index is 0.105. The number of allylic oxidation sites excluding steroid dienone is 1. The molecule has 0 saturated carbocycles. The van der Waals surface area contributed by atoms with Crippen LogP contribution in [0.1, 0.15) is 42.3 Å². The van der Waals surface area contributed by atoms with Gasteiger partial charge >= 0.3 is 0 Å². The summed E-state index contributed by atoms with van der Waals surface area (Å²) in [5, 5.41) is 2.93. The first-order chi connectivity index (χ1) is 12.3. The number of ether oxygens (including phenoxy) is 2. The lowest BCUT2D eigenvalue weighted by molar-refractivity contribution is 0.0951. The first-order valence-corrected chi connectivity index (χ1v) is 8.61. The largest absolute Gasteiger partial charge is 0.493 e. The van der Waals surface area contributed by atoms with Gasteiger partial charge in [0.15, 0.2) is 11.5 Å². The number of hydrogen-bond donors (Lipinski definition) is 1. The van der Waals surface area contributed by atoms with Crippen LogP contribution in [0.25, 0.3) is 6.08 Å². The molecular formula is C22H27NO3. The summed E-state index contributed by atoms with van der Waals surface area (Å²) >= 11 is 0. The molecule has 0 aliphatic heterocycles. The van der Waals surface area contributed by atoms with E-state index >= 15 is 0 Å². The second-order valence-corrected chi connectivity index (χ2v) is 7.19. The van der Waals surface area contributed by atoms with E-state index in [1.54, 1.807) is 14.2 Å². The third-order valence-electron chi connectivity index (χ3n) is 3.85. The molecule has 2 rings (SSSR count). The summed E-state index contributed by atoms with van der Waals surface area (Å²) in [6.45, 7) is 6.88. The van der Waals surface area contributed by atoms with Crippen LogP contribution < -0.4 is 14.8 Å². The third kappa shape index (κ3) is 5.66. The molecule has 0 bridgehead atoms. The predicted octanol–water partition coefficient (Wildman–Crippen LogP) is 4.69. The summed E-state index contributed by atoms with van der Waals surface area (Å²) in [5.74, 6) is 1.21. The van der Waals surface area contributed by atoms with Crippen molar-refractivity contribution >= 4 is 12.0 Å². The van der Waals surface area contributed by atoms with E-state index in [4.69, 9.17) is 9.47 Å². The summed E-state index contributed by atoms with van der Waals surface area (Å²) in [5.41, 5.74) is 2.80. The average molecular weight is 353 g/mol. The van der Waals surface area contributed by atoms with Gasteiger partial charge in [0.05, 0.1) is 14.2 Å². The summed E-state index contributed by atoms with van der Waals surface area (Å²) in [6.07, 6.45) is 4.23. The molecule has 0 spiro atoms.